The second-order valence-electron chi connectivity index (χ2n) is 7.43. The van der Waals surface area contributed by atoms with Crippen LogP contribution < -0.4 is 5.32 Å². The molecule has 2 aromatic heterocycles. The molecule has 140 valence electrons. The lowest BCUT2D eigenvalue weighted by Crippen LogP contribution is -2.18. The number of carbonyl (C=O) groups excluding carboxylic acids is 1. The first-order chi connectivity index (χ1) is 13.0. The van der Waals surface area contributed by atoms with Gasteiger partial charge in [0.15, 0.2) is 0 Å². The van der Waals surface area contributed by atoms with Gasteiger partial charge in [-0.15, -0.1) is 11.3 Å². The summed E-state index contributed by atoms with van der Waals surface area (Å²) in [4.78, 5) is 21.3. The van der Waals surface area contributed by atoms with Crippen molar-refractivity contribution >= 4 is 17.2 Å². The highest BCUT2D eigenvalue weighted by Crippen LogP contribution is 2.54. The lowest BCUT2D eigenvalue weighted by molar-refractivity contribution is 0.0963. The van der Waals surface area contributed by atoms with Crippen LogP contribution in [0.3, 0.4) is 0 Å². The number of hydrogen-bond donors (Lipinski definition) is 1. The largest absolute Gasteiger partial charge is 0.355 e. The topological polar surface area (TPSA) is 59.8 Å². The fourth-order valence-electron chi connectivity index (χ4n) is 3.74. The molecule has 0 aliphatic heterocycles. The standard InChI is InChI=1S/C21H24N4OS/c1-13(2)25-14(3)23-11-18(25)17-12-27-20(24-17)21(9-10-21)16-7-5-15(6-8-16)19(26)22-4/h5-8,11-13H,9-10H2,1-4H3,(H,22,26). The number of thiazole rings is 1. The van der Waals surface area contributed by atoms with Gasteiger partial charge in [-0.05, 0) is 51.3 Å². The molecule has 0 atom stereocenters. The van der Waals surface area contributed by atoms with Crippen LogP contribution in [0.5, 0.6) is 0 Å². The molecule has 1 aliphatic carbocycles. The number of imidazole rings is 1. The number of nitrogens with one attached hydrogen (secondary N) is 1. The zero-order valence-corrected chi connectivity index (χ0v) is 16.9. The van der Waals surface area contributed by atoms with Crippen LogP contribution in [0.25, 0.3) is 11.4 Å². The Labute approximate surface area is 163 Å². The van der Waals surface area contributed by atoms with Crippen LogP contribution in [0.2, 0.25) is 0 Å². The molecule has 6 heteroatoms. The van der Waals surface area contributed by atoms with Gasteiger partial charge >= 0.3 is 0 Å². The molecule has 1 amide bonds. The number of benzene rings is 1. The monoisotopic (exact) mass is 380 g/mol. The van der Waals surface area contributed by atoms with Crippen molar-refractivity contribution in [1.82, 2.24) is 19.9 Å². The molecule has 0 unspecified atom stereocenters. The van der Waals surface area contributed by atoms with Gasteiger partial charge in [-0.3, -0.25) is 4.79 Å². The van der Waals surface area contributed by atoms with Gasteiger partial charge in [0.05, 0.1) is 17.6 Å². The minimum atomic E-state index is -0.0553. The molecule has 1 N–H and O–H groups in total. The van der Waals surface area contributed by atoms with Gasteiger partial charge in [-0.2, -0.15) is 0 Å². The van der Waals surface area contributed by atoms with Crippen molar-refractivity contribution in [3.63, 3.8) is 0 Å². The van der Waals surface area contributed by atoms with Crippen molar-refractivity contribution in [2.24, 2.45) is 0 Å². The smallest absolute Gasteiger partial charge is 0.251 e. The molecule has 0 bridgehead atoms. The maximum atomic E-state index is 11.8. The van der Waals surface area contributed by atoms with E-state index in [0.717, 1.165) is 35.1 Å². The van der Waals surface area contributed by atoms with E-state index in [1.807, 2.05) is 25.3 Å². The van der Waals surface area contributed by atoms with Gasteiger partial charge in [-0.1, -0.05) is 12.1 Å². The summed E-state index contributed by atoms with van der Waals surface area (Å²) < 4.78 is 2.23. The molecule has 1 aliphatic rings. The fraction of sp³-hybridized carbons (Fsp3) is 0.381. The van der Waals surface area contributed by atoms with Crippen molar-refractivity contribution in [1.29, 1.82) is 0 Å². The van der Waals surface area contributed by atoms with Gasteiger partial charge in [0.1, 0.15) is 10.8 Å². The minimum Gasteiger partial charge on any atom is -0.355 e. The second kappa shape index (κ2) is 6.60. The van der Waals surface area contributed by atoms with E-state index in [9.17, 15) is 4.79 Å². The maximum Gasteiger partial charge on any atom is 0.251 e. The number of nitrogens with zero attached hydrogens (tertiary/aromatic N) is 3. The highest BCUT2D eigenvalue weighted by molar-refractivity contribution is 7.10. The molecule has 0 spiro atoms. The second-order valence-corrected chi connectivity index (χ2v) is 8.29. The molecule has 1 fully saturated rings. The lowest BCUT2D eigenvalue weighted by Gasteiger charge is -2.14. The Bertz CT molecular complexity index is 980. The predicted octanol–water partition coefficient (Wildman–Crippen LogP) is 4.34. The molecule has 0 radical (unpaired) electrons. The Morgan fingerprint density at radius 1 is 1.26 bits per heavy atom. The quantitative estimate of drug-likeness (QED) is 0.716. The summed E-state index contributed by atoms with van der Waals surface area (Å²) in [6.45, 7) is 6.37. The summed E-state index contributed by atoms with van der Waals surface area (Å²) in [6, 6.07) is 8.29. The minimum absolute atomic E-state index is 0.00185. The van der Waals surface area contributed by atoms with Gasteiger partial charge in [0.2, 0.25) is 0 Å². The highest BCUT2D eigenvalue weighted by atomic mass is 32.1. The van der Waals surface area contributed by atoms with Crippen molar-refractivity contribution in [2.45, 2.75) is 45.1 Å². The number of carbonyl (C=O) groups is 1. The molecule has 1 aromatic carbocycles. The third kappa shape index (κ3) is 2.98. The summed E-state index contributed by atoms with van der Waals surface area (Å²) in [5.41, 5.74) is 4.01. The Kier molecular flexibility index (Phi) is 4.38. The molecule has 2 heterocycles. The average Bonchev–Trinajstić information content (AvgIpc) is 3.15. The number of rotatable bonds is 5. The van der Waals surface area contributed by atoms with E-state index >= 15 is 0 Å². The van der Waals surface area contributed by atoms with E-state index in [1.165, 1.54) is 5.56 Å². The normalized spacial score (nSPS) is 15.1. The summed E-state index contributed by atoms with van der Waals surface area (Å²) in [5.74, 6) is 0.959. The number of aromatic nitrogens is 3. The number of hydrogen-bond acceptors (Lipinski definition) is 4. The molecule has 1 saturated carbocycles. The van der Waals surface area contributed by atoms with Crippen LogP contribution in [-0.2, 0) is 5.41 Å². The van der Waals surface area contributed by atoms with E-state index < -0.39 is 0 Å². The Morgan fingerprint density at radius 3 is 2.56 bits per heavy atom. The fourth-order valence-corrected chi connectivity index (χ4v) is 4.84. The molecule has 5 nitrogen and oxygen atoms in total. The van der Waals surface area contributed by atoms with Gasteiger partial charge in [0, 0.05) is 29.4 Å². The van der Waals surface area contributed by atoms with Crippen LogP contribution in [0, 0.1) is 6.92 Å². The first kappa shape index (κ1) is 17.9. The zero-order chi connectivity index (χ0) is 19.2. The van der Waals surface area contributed by atoms with Crippen molar-refractivity contribution in [3.8, 4) is 11.4 Å². The van der Waals surface area contributed by atoms with Crippen molar-refractivity contribution in [3.05, 3.63) is 57.8 Å². The SMILES string of the molecule is CNC(=O)c1ccc(C2(c3nc(-c4cnc(C)n4C(C)C)cs3)CC2)cc1. The highest BCUT2D eigenvalue weighted by Gasteiger charge is 2.48. The van der Waals surface area contributed by atoms with Gasteiger partial charge in [0.25, 0.3) is 5.91 Å². The van der Waals surface area contributed by atoms with Gasteiger partial charge < -0.3 is 9.88 Å². The van der Waals surface area contributed by atoms with Crippen molar-refractivity contribution < 1.29 is 4.79 Å². The number of aryl methyl sites for hydroxylation is 1. The maximum absolute atomic E-state index is 11.8. The first-order valence-electron chi connectivity index (χ1n) is 9.29. The van der Waals surface area contributed by atoms with E-state index in [1.54, 1.807) is 18.4 Å². The Morgan fingerprint density at radius 2 is 1.96 bits per heavy atom. The molecular formula is C21H24N4OS. The Balaban J connectivity index is 1.66. The first-order valence-corrected chi connectivity index (χ1v) is 10.2. The summed E-state index contributed by atoms with van der Waals surface area (Å²) >= 11 is 1.72. The van der Waals surface area contributed by atoms with Crippen LogP contribution >= 0.6 is 11.3 Å². The molecule has 27 heavy (non-hydrogen) atoms. The summed E-state index contributed by atoms with van der Waals surface area (Å²) in [7, 11) is 1.65. The zero-order valence-electron chi connectivity index (χ0n) is 16.1. The van der Waals surface area contributed by atoms with Crippen LogP contribution in [0.4, 0.5) is 0 Å². The van der Waals surface area contributed by atoms with E-state index in [-0.39, 0.29) is 11.3 Å². The summed E-state index contributed by atoms with van der Waals surface area (Å²) in [6.07, 6.45) is 4.12. The predicted molar refractivity (Wildman–Crippen MR) is 108 cm³/mol. The van der Waals surface area contributed by atoms with Crippen LogP contribution in [0.1, 0.15) is 59.5 Å². The number of amides is 1. The lowest BCUT2D eigenvalue weighted by atomic mass is 9.95. The third-order valence-electron chi connectivity index (χ3n) is 5.35. The van der Waals surface area contributed by atoms with Crippen molar-refractivity contribution in [2.75, 3.05) is 7.05 Å². The Hall–Kier alpha value is -2.47. The van der Waals surface area contributed by atoms with E-state index in [0.29, 0.717) is 11.6 Å². The van der Waals surface area contributed by atoms with Crippen LogP contribution in [-0.4, -0.2) is 27.5 Å². The average molecular weight is 381 g/mol. The molecule has 3 aromatic rings. The molecular weight excluding hydrogens is 356 g/mol. The van der Waals surface area contributed by atoms with Gasteiger partial charge in [-0.25, -0.2) is 9.97 Å². The van der Waals surface area contributed by atoms with Crippen LogP contribution in [0.15, 0.2) is 35.8 Å². The molecule has 0 saturated heterocycles. The van der Waals surface area contributed by atoms with E-state index in [4.69, 9.17) is 4.98 Å². The summed E-state index contributed by atoms with van der Waals surface area (Å²) in [5, 5.41) is 5.96. The van der Waals surface area contributed by atoms with E-state index in [2.05, 4.69) is 46.2 Å². The molecule has 4 rings (SSSR count). The third-order valence-corrected chi connectivity index (χ3v) is 6.40.